The van der Waals surface area contributed by atoms with Gasteiger partial charge in [-0.2, -0.15) is 9.78 Å². The first kappa shape index (κ1) is 16.1. The van der Waals surface area contributed by atoms with Crippen molar-refractivity contribution in [1.82, 2.24) is 24.6 Å². The molecular weight excluding hydrogens is 340 g/mol. The standard InChI is InChI=1S/C17H19ClN6O/c1-2-22-7-9-23(10-8-22)14-11-19-24(16(25)15(14)18)17-20-12-5-3-4-6-13(12)21-17/h3-6,11H,2,7-10H2,1H3,(H,20,21). The van der Waals surface area contributed by atoms with Crippen LogP contribution in [0.3, 0.4) is 0 Å². The highest BCUT2D eigenvalue weighted by Gasteiger charge is 2.21. The number of nitrogens with zero attached hydrogens (tertiary/aromatic N) is 5. The third-order valence-electron chi connectivity index (χ3n) is 4.64. The van der Waals surface area contributed by atoms with Crippen LogP contribution in [0.1, 0.15) is 6.92 Å². The molecule has 3 heterocycles. The fraction of sp³-hybridized carbons (Fsp3) is 0.353. The minimum absolute atomic E-state index is 0.181. The lowest BCUT2D eigenvalue weighted by Gasteiger charge is -2.35. The zero-order valence-electron chi connectivity index (χ0n) is 13.9. The van der Waals surface area contributed by atoms with Crippen LogP contribution < -0.4 is 10.5 Å². The largest absolute Gasteiger partial charge is 0.366 e. The van der Waals surface area contributed by atoms with Crippen LogP contribution >= 0.6 is 11.6 Å². The van der Waals surface area contributed by atoms with Gasteiger partial charge in [0.2, 0.25) is 5.95 Å². The normalized spacial score (nSPS) is 15.8. The molecule has 0 bridgehead atoms. The van der Waals surface area contributed by atoms with Gasteiger partial charge >= 0.3 is 0 Å². The summed E-state index contributed by atoms with van der Waals surface area (Å²) >= 11 is 6.38. The monoisotopic (exact) mass is 358 g/mol. The number of hydrogen-bond donors (Lipinski definition) is 1. The third kappa shape index (κ3) is 2.89. The molecule has 1 fully saturated rings. The molecule has 130 valence electrons. The van der Waals surface area contributed by atoms with Gasteiger partial charge in [-0.15, -0.1) is 0 Å². The molecule has 1 N–H and O–H groups in total. The Morgan fingerprint density at radius 1 is 1.20 bits per heavy atom. The highest BCUT2D eigenvalue weighted by atomic mass is 35.5. The van der Waals surface area contributed by atoms with Gasteiger partial charge in [0.1, 0.15) is 5.02 Å². The molecule has 4 rings (SSSR count). The van der Waals surface area contributed by atoms with E-state index in [-0.39, 0.29) is 10.6 Å². The summed E-state index contributed by atoms with van der Waals surface area (Å²) in [5.74, 6) is 0.371. The van der Waals surface area contributed by atoms with Crippen LogP contribution in [0.25, 0.3) is 17.0 Å². The number of rotatable bonds is 3. The van der Waals surface area contributed by atoms with Crippen LogP contribution in [0.5, 0.6) is 0 Å². The third-order valence-corrected chi connectivity index (χ3v) is 4.99. The van der Waals surface area contributed by atoms with Gasteiger partial charge in [-0.1, -0.05) is 30.7 Å². The number of hydrogen-bond acceptors (Lipinski definition) is 5. The Bertz CT molecular complexity index is 924. The van der Waals surface area contributed by atoms with Gasteiger partial charge in [0.15, 0.2) is 0 Å². The van der Waals surface area contributed by atoms with Crippen molar-refractivity contribution in [3.63, 3.8) is 0 Å². The van der Waals surface area contributed by atoms with Gasteiger partial charge in [0.05, 0.1) is 22.9 Å². The van der Waals surface area contributed by atoms with E-state index in [4.69, 9.17) is 11.6 Å². The molecule has 0 atom stereocenters. The smallest absolute Gasteiger partial charge is 0.295 e. The number of anilines is 1. The Balaban J connectivity index is 1.68. The van der Waals surface area contributed by atoms with Gasteiger partial charge in [0, 0.05) is 26.2 Å². The molecule has 0 radical (unpaired) electrons. The SMILES string of the molecule is CCN1CCN(c2cnn(-c3nc4ccccc4[nH]3)c(=O)c2Cl)CC1. The predicted octanol–water partition coefficient (Wildman–Crippen LogP) is 1.90. The second-order valence-electron chi connectivity index (χ2n) is 6.06. The van der Waals surface area contributed by atoms with E-state index in [0.717, 1.165) is 43.8 Å². The topological polar surface area (TPSA) is 70.0 Å². The van der Waals surface area contributed by atoms with Crippen molar-refractivity contribution in [1.29, 1.82) is 0 Å². The first-order chi connectivity index (χ1) is 12.2. The van der Waals surface area contributed by atoms with Crippen LogP contribution in [0, 0.1) is 0 Å². The van der Waals surface area contributed by atoms with Crippen molar-refractivity contribution >= 4 is 28.3 Å². The van der Waals surface area contributed by atoms with Gasteiger partial charge in [-0.05, 0) is 18.7 Å². The maximum absolute atomic E-state index is 12.7. The van der Waals surface area contributed by atoms with Crippen LogP contribution in [0.15, 0.2) is 35.3 Å². The molecule has 2 aromatic heterocycles. The number of imidazole rings is 1. The van der Waals surface area contributed by atoms with Gasteiger partial charge in [-0.3, -0.25) is 4.79 Å². The maximum Gasteiger partial charge on any atom is 0.295 e. The lowest BCUT2D eigenvalue weighted by molar-refractivity contribution is 0.271. The number of likely N-dealkylation sites (N-methyl/N-ethyl adjacent to an activating group) is 1. The molecule has 1 aromatic carbocycles. The number of piperazine rings is 1. The number of aromatic amines is 1. The Morgan fingerprint density at radius 3 is 2.68 bits per heavy atom. The van der Waals surface area contributed by atoms with Crippen molar-refractivity contribution in [2.24, 2.45) is 0 Å². The van der Waals surface area contributed by atoms with E-state index in [2.05, 4.69) is 31.8 Å². The summed E-state index contributed by atoms with van der Waals surface area (Å²) in [6.45, 7) is 6.78. The zero-order valence-corrected chi connectivity index (χ0v) is 14.7. The van der Waals surface area contributed by atoms with E-state index in [9.17, 15) is 4.79 Å². The highest BCUT2D eigenvalue weighted by molar-refractivity contribution is 6.33. The fourth-order valence-electron chi connectivity index (χ4n) is 3.14. The molecule has 7 nitrogen and oxygen atoms in total. The molecule has 0 spiro atoms. The molecule has 0 aliphatic carbocycles. The fourth-order valence-corrected chi connectivity index (χ4v) is 3.39. The number of para-hydroxylation sites is 2. The molecule has 8 heteroatoms. The van der Waals surface area contributed by atoms with Crippen molar-refractivity contribution in [2.75, 3.05) is 37.6 Å². The molecule has 0 amide bonds. The first-order valence-electron chi connectivity index (χ1n) is 8.37. The molecule has 3 aromatic rings. The average molecular weight is 359 g/mol. The van der Waals surface area contributed by atoms with Crippen LogP contribution in [0.4, 0.5) is 5.69 Å². The summed E-state index contributed by atoms with van der Waals surface area (Å²) in [5, 5.41) is 4.47. The summed E-state index contributed by atoms with van der Waals surface area (Å²) in [6, 6.07) is 7.59. The van der Waals surface area contributed by atoms with Crippen molar-refractivity contribution < 1.29 is 0 Å². The second-order valence-corrected chi connectivity index (χ2v) is 6.44. The summed E-state index contributed by atoms with van der Waals surface area (Å²) in [7, 11) is 0. The van der Waals surface area contributed by atoms with E-state index in [1.54, 1.807) is 6.20 Å². The van der Waals surface area contributed by atoms with E-state index in [1.807, 2.05) is 24.3 Å². The Labute approximate surface area is 149 Å². The quantitative estimate of drug-likeness (QED) is 0.774. The number of nitrogens with one attached hydrogen (secondary N) is 1. The van der Waals surface area contributed by atoms with E-state index < -0.39 is 0 Å². The molecule has 0 unspecified atom stereocenters. The number of benzene rings is 1. The van der Waals surface area contributed by atoms with E-state index in [0.29, 0.717) is 11.6 Å². The first-order valence-corrected chi connectivity index (χ1v) is 8.75. The predicted molar refractivity (Wildman–Crippen MR) is 98.8 cm³/mol. The molecule has 25 heavy (non-hydrogen) atoms. The van der Waals surface area contributed by atoms with E-state index >= 15 is 0 Å². The molecule has 1 aliphatic heterocycles. The Morgan fingerprint density at radius 2 is 1.96 bits per heavy atom. The number of H-pyrrole nitrogens is 1. The summed E-state index contributed by atoms with van der Waals surface area (Å²) in [5.41, 5.74) is 1.95. The number of aromatic nitrogens is 4. The Kier molecular flexibility index (Phi) is 4.19. The van der Waals surface area contributed by atoms with Gasteiger partial charge in [0.25, 0.3) is 5.56 Å². The number of halogens is 1. The van der Waals surface area contributed by atoms with Crippen molar-refractivity contribution in [3.05, 3.63) is 45.8 Å². The molecule has 1 aliphatic rings. The minimum atomic E-state index is -0.365. The van der Waals surface area contributed by atoms with Crippen molar-refractivity contribution in [2.45, 2.75) is 6.92 Å². The summed E-state index contributed by atoms with van der Waals surface area (Å²) in [6.07, 6.45) is 1.65. The summed E-state index contributed by atoms with van der Waals surface area (Å²) in [4.78, 5) is 24.7. The van der Waals surface area contributed by atoms with Crippen LogP contribution in [-0.2, 0) is 0 Å². The highest BCUT2D eigenvalue weighted by Crippen LogP contribution is 2.23. The molecule has 0 saturated carbocycles. The van der Waals surface area contributed by atoms with Gasteiger partial charge < -0.3 is 14.8 Å². The van der Waals surface area contributed by atoms with E-state index in [1.165, 1.54) is 4.68 Å². The maximum atomic E-state index is 12.7. The second kappa shape index (κ2) is 6.50. The minimum Gasteiger partial charge on any atom is -0.366 e. The zero-order chi connectivity index (χ0) is 17.4. The Hall–Kier alpha value is -2.38. The van der Waals surface area contributed by atoms with Crippen molar-refractivity contribution in [3.8, 4) is 5.95 Å². The molecular formula is C17H19ClN6O. The van der Waals surface area contributed by atoms with Crippen LogP contribution in [0.2, 0.25) is 5.02 Å². The summed E-state index contributed by atoms with van der Waals surface area (Å²) < 4.78 is 1.22. The lowest BCUT2D eigenvalue weighted by Crippen LogP contribution is -2.46. The molecule has 1 saturated heterocycles. The van der Waals surface area contributed by atoms with Gasteiger partial charge in [-0.25, -0.2) is 4.98 Å². The lowest BCUT2D eigenvalue weighted by atomic mass is 10.3. The average Bonchev–Trinajstić information content (AvgIpc) is 3.08. The van der Waals surface area contributed by atoms with Crippen LogP contribution in [-0.4, -0.2) is 57.4 Å². The number of fused-ring (bicyclic) bond motifs is 1.